The van der Waals surface area contributed by atoms with Gasteiger partial charge in [-0.2, -0.15) is 0 Å². The van der Waals surface area contributed by atoms with E-state index in [1.54, 1.807) is 6.07 Å². The third-order valence-electron chi connectivity index (χ3n) is 3.19. The molecule has 6 heteroatoms. The Morgan fingerprint density at radius 2 is 1.71 bits per heavy atom. The molecule has 1 aromatic rings. The maximum absolute atomic E-state index is 11.2. The van der Waals surface area contributed by atoms with E-state index in [2.05, 4.69) is 22.9 Å². The summed E-state index contributed by atoms with van der Waals surface area (Å²) in [7, 11) is 1.60. The van der Waals surface area contributed by atoms with Crippen LogP contribution in [0.25, 0.3) is 0 Å². The van der Waals surface area contributed by atoms with Gasteiger partial charge in [0, 0.05) is 10.7 Å². The van der Waals surface area contributed by atoms with Gasteiger partial charge in [-0.3, -0.25) is 0 Å². The first-order valence-electron chi connectivity index (χ1n) is 7.32. The van der Waals surface area contributed by atoms with E-state index in [4.69, 9.17) is 15.4 Å². The van der Waals surface area contributed by atoms with Crippen molar-refractivity contribution < 1.29 is 13.2 Å². The fraction of sp³-hybridized carbons (Fsp3) is 0.600. The molecule has 0 atom stereocenters. The zero-order chi connectivity index (χ0) is 15.7. The first-order valence-corrected chi connectivity index (χ1v) is 10.4. The SMILES string of the molecule is CCCCCCCCCOc1ccc(S(=O)(=O)Cl)cc1Br. The minimum absolute atomic E-state index is 0.0688. The van der Waals surface area contributed by atoms with Crippen LogP contribution in [0.15, 0.2) is 27.6 Å². The van der Waals surface area contributed by atoms with Crippen LogP contribution in [0.2, 0.25) is 0 Å². The quantitative estimate of drug-likeness (QED) is 0.386. The summed E-state index contributed by atoms with van der Waals surface area (Å²) < 4.78 is 28.7. The molecule has 0 fully saturated rings. The van der Waals surface area contributed by atoms with Crippen molar-refractivity contribution in [1.82, 2.24) is 0 Å². The van der Waals surface area contributed by atoms with Crippen LogP contribution in [0.5, 0.6) is 5.75 Å². The fourth-order valence-corrected chi connectivity index (χ4v) is 3.41. The molecule has 0 N–H and O–H groups in total. The number of unbranched alkanes of at least 4 members (excludes halogenated alkanes) is 6. The molecule has 0 saturated heterocycles. The summed E-state index contributed by atoms with van der Waals surface area (Å²) in [5, 5.41) is 0. The summed E-state index contributed by atoms with van der Waals surface area (Å²) in [6.07, 6.45) is 8.61. The van der Waals surface area contributed by atoms with Gasteiger partial charge in [0.2, 0.25) is 0 Å². The van der Waals surface area contributed by atoms with Crippen LogP contribution < -0.4 is 4.74 Å². The van der Waals surface area contributed by atoms with Gasteiger partial charge in [-0.25, -0.2) is 8.42 Å². The van der Waals surface area contributed by atoms with Crippen molar-refractivity contribution in [2.45, 2.75) is 56.8 Å². The largest absolute Gasteiger partial charge is 0.492 e. The van der Waals surface area contributed by atoms with Crippen molar-refractivity contribution in [3.05, 3.63) is 22.7 Å². The van der Waals surface area contributed by atoms with Gasteiger partial charge in [-0.1, -0.05) is 45.4 Å². The van der Waals surface area contributed by atoms with Crippen LogP contribution in [0.3, 0.4) is 0 Å². The number of hydrogen-bond donors (Lipinski definition) is 0. The normalized spacial score (nSPS) is 11.6. The highest BCUT2D eigenvalue weighted by atomic mass is 79.9. The molecule has 0 bridgehead atoms. The summed E-state index contributed by atoms with van der Waals surface area (Å²) in [6, 6.07) is 4.54. The molecule has 1 aromatic carbocycles. The Bertz CT molecular complexity index is 532. The molecule has 0 spiro atoms. The highest BCUT2D eigenvalue weighted by Gasteiger charge is 2.12. The van der Waals surface area contributed by atoms with E-state index >= 15 is 0 Å². The number of hydrogen-bond acceptors (Lipinski definition) is 3. The maximum atomic E-state index is 11.2. The predicted molar refractivity (Wildman–Crippen MR) is 90.7 cm³/mol. The van der Waals surface area contributed by atoms with E-state index in [0.717, 1.165) is 12.8 Å². The molecule has 3 nitrogen and oxygen atoms in total. The van der Waals surface area contributed by atoms with E-state index in [9.17, 15) is 8.42 Å². The summed E-state index contributed by atoms with van der Waals surface area (Å²) in [4.78, 5) is 0.0688. The standard InChI is InChI=1S/C15H22BrClO3S/c1-2-3-4-5-6-7-8-11-20-15-10-9-13(12-14(15)16)21(17,18)19/h9-10,12H,2-8,11H2,1H3. The predicted octanol–water partition coefficient (Wildman–Crippen LogP) is 5.51. The van der Waals surface area contributed by atoms with Gasteiger partial charge < -0.3 is 4.74 Å². The Balaban J connectivity index is 2.30. The topological polar surface area (TPSA) is 43.4 Å². The van der Waals surface area contributed by atoms with Gasteiger partial charge in [0.1, 0.15) is 5.75 Å². The second kappa shape index (κ2) is 9.70. The number of rotatable bonds is 10. The van der Waals surface area contributed by atoms with Gasteiger partial charge in [0.15, 0.2) is 0 Å². The first-order chi connectivity index (χ1) is 9.95. The van der Waals surface area contributed by atoms with Crippen molar-refractivity contribution >= 4 is 35.7 Å². The first kappa shape index (κ1) is 18.8. The van der Waals surface area contributed by atoms with E-state index in [1.807, 2.05) is 0 Å². The average molecular weight is 398 g/mol. The second-order valence-corrected chi connectivity index (χ2v) is 8.42. The molecule has 0 unspecified atom stereocenters. The molecule has 0 heterocycles. The lowest BCUT2D eigenvalue weighted by atomic mass is 10.1. The molecule has 0 aliphatic carbocycles. The number of ether oxygens (including phenoxy) is 1. The van der Waals surface area contributed by atoms with Crippen molar-refractivity contribution in [2.75, 3.05) is 6.61 Å². The fourth-order valence-electron chi connectivity index (χ4n) is 1.99. The molecule has 0 saturated carbocycles. The highest BCUT2D eigenvalue weighted by Crippen LogP contribution is 2.29. The van der Waals surface area contributed by atoms with Crippen LogP contribution in [0, 0.1) is 0 Å². The Morgan fingerprint density at radius 1 is 1.10 bits per heavy atom. The van der Waals surface area contributed by atoms with Crippen LogP contribution >= 0.6 is 26.6 Å². The van der Waals surface area contributed by atoms with E-state index < -0.39 is 9.05 Å². The lowest BCUT2D eigenvalue weighted by Gasteiger charge is -2.09. The zero-order valence-electron chi connectivity index (χ0n) is 12.3. The summed E-state index contributed by atoms with van der Waals surface area (Å²) in [6.45, 7) is 2.85. The number of benzene rings is 1. The molecule has 21 heavy (non-hydrogen) atoms. The van der Waals surface area contributed by atoms with E-state index in [0.29, 0.717) is 16.8 Å². The molecule has 0 aliphatic heterocycles. The van der Waals surface area contributed by atoms with Crippen LogP contribution in [-0.2, 0) is 9.05 Å². The van der Waals surface area contributed by atoms with Gasteiger partial charge in [-0.05, 0) is 40.5 Å². The number of halogens is 2. The van der Waals surface area contributed by atoms with Crippen molar-refractivity contribution in [1.29, 1.82) is 0 Å². The molecular weight excluding hydrogens is 376 g/mol. The van der Waals surface area contributed by atoms with E-state index in [-0.39, 0.29) is 4.90 Å². The lowest BCUT2D eigenvalue weighted by molar-refractivity contribution is 0.302. The summed E-state index contributed by atoms with van der Waals surface area (Å²) in [5.41, 5.74) is 0. The van der Waals surface area contributed by atoms with Gasteiger partial charge in [0.25, 0.3) is 9.05 Å². The Kier molecular flexibility index (Phi) is 8.67. The Morgan fingerprint density at radius 3 is 2.29 bits per heavy atom. The second-order valence-electron chi connectivity index (χ2n) is 5.00. The van der Waals surface area contributed by atoms with E-state index in [1.165, 1.54) is 44.2 Å². The third-order valence-corrected chi connectivity index (χ3v) is 5.16. The molecule has 1 rings (SSSR count). The van der Waals surface area contributed by atoms with Gasteiger partial charge in [-0.15, -0.1) is 0 Å². The van der Waals surface area contributed by atoms with Gasteiger partial charge in [0.05, 0.1) is 16.0 Å². The van der Waals surface area contributed by atoms with Crippen LogP contribution in [0.1, 0.15) is 51.9 Å². The zero-order valence-corrected chi connectivity index (χ0v) is 15.4. The smallest absolute Gasteiger partial charge is 0.261 e. The molecule has 0 radical (unpaired) electrons. The Hall–Kier alpha value is -0.260. The minimum atomic E-state index is -3.70. The monoisotopic (exact) mass is 396 g/mol. The van der Waals surface area contributed by atoms with Crippen LogP contribution in [0.4, 0.5) is 0 Å². The molecule has 0 amide bonds. The van der Waals surface area contributed by atoms with Crippen molar-refractivity contribution in [3.8, 4) is 5.75 Å². The lowest BCUT2D eigenvalue weighted by Crippen LogP contribution is -1.99. The summed E-state index contributed by atoms with van der Waals surface area (Å²) >= 11 is 3.30. The maximum Gasteiger partial charge on any atom is 0.261 e. The van der Waals surface area contributed by atoms with Gasteiger partial charge >= 0.3 is 0 Å². The molecule has 0 aromatic heterocycles. The summed E-state index contributed by atoms with van der Waals surface area (Å²) in [5.74, 6) is 0.644. The molecule has 0 aliphatic rings. The molecular formula is C15H22BrClO3S. The Labute approximate surface area is 140 Å². The molecule has 120 valence electrons. The highest BCUT2D eigenvalue weighted by molar-refractivity contribution is 9.10. The van der Waals surface area contributed by atoms with Crippen molar-refractivity contribution in [3.63, 3.8) is 0 Å². The third kappa shape index (κ3) is 7.52. The minimum Gasteiger partial charge on any atom is -0.492 e. The van der Waals surface area contributed by atoms with Crippen molar-refractivity contribution in [2.24, 2.45) is 0 Å². The van der Waals surface area contributed by atoms with Crippen LogP contribution in [-0.4, -0.2) is 15.0 Å². The average Bonchev–Trinajstić information content (AvgIpc) is 2.42.